The number of nitrogens with zero attached hydrogens (tertiary/aromatic N) is 1. The molecule has 2 heteroatoms. The van der Waals surface area contributed by atoms with Gasteiger partial charge in [-0.05, 0) is 6.42 Å². The van der Waals surface area contributed by atoms with E-state index < -0.39 is 0 Å². The molecule has 70 valence electrons. The minimum absolute atomic E-state index is 1.03. The molecule has 1 N–H and O–H groups in total. The summed E-state index contributed by atoms with van der Waals surface area (Å²) in [6, 6.07) is 0. The number of nitrogens with one attached hydrogen (secondary N) is 1. The highest BCUT2D eigenvalue weighted by molar-refractivity contribution is 5.53. The van der Waals surface area contributed by atoms with Crippen molar-refractivity contribution in [1.29, 1.82) is 0 Å². The summed E-state index contributed by atoms with van der Waals surface area (Å²) in [7, 11) is 1.75. The largest absolute Gasteiger partial charge is 0.376 e. The average Bonchev–Trinajstić information content (AvgIpc) is 2.13. The monoisotopic (exact) mass is 160 g/mol. The molecule has 0 aromatic heterocycles. The maximum absolute atomic E-state index is 3.74. The molecule has 2 nitrogen and oxygen atoms in total. The second kappa shape index (κ2) is 34.0. The first-order valence-corrected chi connectivity index (χ1v) is 4.55. The molecule has 0 fully saturated rings. The van der Waals surface area contributed by atoms with Gasteiger partial charge in [-0.2, -0.15) is 0 Å². The van der Waals surface area contributed by atoms with Crippen LogP contribution in [0.2, 0.25) is 0 Å². The second-order valence-electron chi connectivity index (χ2n) is 1.34. The molecule has 0 amide bonds. The van der Waals surface area contributed by atoms with Crippen molar-refractivity contribution < 1.29 is 0 Å². The van der Waals surface area contributed by atoms with E-state index in [0.29, 0.717) is 0 Å². The lowest BCUT2D eigenvalue weighted by Crippen LogP contribution is -2.10. The van der Waals surface area contributed by atoms with E-state index in [9.17, 15) is 0 Å². The third-order valence-corrected chi connectivity index (χ3v) is 0.615. The smallest absolute Gasteiger partial charge is 0.0820 e. The Labute approximate surface area is 72.1 Å². The molecule has 0 saturated carbocycles. The molecule has 0 unspecified atom stereocenters. The van der Waals surface area contributed by atoms with Gasteiger partial charge < -0.3 is 5.32 Å². The van der Waals surface area contributed by atoms with Crippen molar-refractivity contribution >= 4 is 6.34 Å². The van der Waals surface area contributed by atoms with Gasteiger partial charge in [0.25, 0.3) is 0 Å². The zero-order chi connectivity index (χ0) is 9.54. The molecule has 0 aromatic carbocycles. The van der Waals surface area contributed by atoms with Crippen molar-refractivity contribution in [3.8, 4) is 0 Å². The van der Waals surface area contributed by atoms with Gasteiger partial charge in [0.15, 0.2) is 0 Å². The Hall–Kier alpha value is -0.530. The molecule has 0 radical (unpaired) electrons. The topological polar surface area (TPSA) is 24.4 Å². The maximum atomic E-state index is 3.74. The van der Waals surface area contributed by atoms with Gasteiger partial charge in [0.05, 0.1) is 6.34 Å². The van der Waals surface area contributed by atoms with Crippen molar-refractivity contribution in [2.75, 3.05) is 13.6 Å². The lowest BCUT2D eigenvalue weighted by atomic mass is 10.5. The highest BCUT2D eigenvalue weighted by atomic mass is 14.9. The van der Waals surface area contributed by atoms with Crippen molar-refractivity contribution in [1.82, 2.24) is 5.32 Å². The Balaban J connectivity index is -0.000000138. The third-order valence-electron chi connectivity index (χ3n) is 0.615. The molecule has 0 atom stereocenters. The lowest BCUT2D eigenvalue weighted by Gasteiger charge is -1.90. The normalized spacial score (nSPS) is 7.45. The van der Waals surface area contributed by atoms with Crippen LogP contribution in [0, 0.1) is 0 Å². The Morgan fingerprint density at radius 3 is 1.91 bits per heavy atom. The first-order chi connectivity index (χ1) is 5.41. The first-order valence-electron chi connectivity index (χ1n) is 4.55. The van der Waals surface area contributed by atoms with Crippen molar-refractivity contribution in [3.05, 3.63) is 0 Å². The maximum Gasteiger partial charge on any atom is 0.0820 e. The molecule has 0 heterocycles. The van der Waals surface area contributed by atoms with Gasteiger partial charge in [0, 0.05) is 13.6 Å². The van der Waals surface area contributed by atoms with E-state index in [-0.39, 0.29) is 0 Å². The van der Waals surface area contributed by atoms with E-state index in [1.54, 1.807) is 13.4 Å². The van der Waals surface area contributed by atoms with Crippen molar-refractivity contribution in [2.45, 2.75) is 41.0 Å². The van der Waals surface area contributed by atoms with Gasteiger partial charge >= 0.3 is 0 Å². The molecule has 0 aromatic rings. The molecule has 0 spiro atoms. The zero-order valence-corrected chi connectivity index (χ0v) is 8.94. The molecule has 0 saturated heterocycles. The number of rotatable bonds is 3. The molecule has 0 aliphatic rings. The molecule has 0 aliphatic carbocycles. The van der Waals surface area contributed by atoms with E-state index in [4.69, 9.17) is 0 Å². The minimum atomic E-state index is 1.03. The molecular formula is C9H24N2. The standard InChI is InChI=1S/C5H12N2.2C2H6/c1-3-4-7-5-6-2;2*1-2/h5H,3-4H2,1-2H3,(H,6,7);2*1-2H3. The molecule has 11 heavy (non-hydrogen) atoms. The van der Waals surface area contributed by atoms with Crippen LogP contribution in [0.4, 0.5) is 0 Å². The molecule has 0 bridgehead atoms. The van der Waals surface area contributed by atoms with Crippen LogP contribution < -0.4 is 5.32 Å². The minimum Gasteiger partial charge on any atom is -0.376 e. The summed E-state index contributed by atoms with van der Waals surface area (Å²) in [6.07, 6.45) is 2.87. The van der Waals surface area contributed by atoms with Crippen LogP contribution in [0.3, 0.4) is 0 Å². The summed E-state index contributed by atoms with van der Waals surface area (Å²) in [6.45, 7) is 11.1. The Morgan fingerprint density at radius 2 is 1.64 bits per heavy atom. The van der Waals surface area contributed by atoms with Gasteiger partial charge in [-0.1, -0.05) is 34.6 Å². The fraction of sp³-hybridized carbons (Fsp3) is 0.889. The number of hydrogen-bond donors (Lipinski definition) is 1. The lowest BCUT2D eigenvalue weighted by molar-refractivity contribution is 0.850. The second-order valence-corrected chi connectivity index (χ2v) is 1.34. The van der Waals surface area contributed by atoms with Crippen LogP contribution in [0.1, 0.15) is 41.0 Å². The predicted molar refractivity (Wildman–Crippen MR) is 55.4 cm³/mol. The van der Waals surface area contributed by atoms with Crippen LogP contribution in [-0.2, 0) is 0 Å². The van der Waals surface area contributed by atoms with Crippen molar-refractivity contribution in [3.63, 3.8) is 0 Å². The summed E-state index contributed by atoms with van der Waals surface area (Å²) in [5, 5.41) is 2.99. The quantitative estimate of drug-likeness (QED) is 0.383. The third kappa shape index (κ3) is 43.9. The van der Waals surface area contributed by atoms with Crippen LogP contribution in [0.15, 0.2) is 4.99 Å². The Morgan fingerprint density at radius 1 is 1.18 bits per heavy atom. The van der Waals surface area contributed by atoms with Gasteiger partial charge in [0.2, 0.25) is 0 Å². The van der Waals surface area contributed by atoms with Crippen LogP contribution in [0.5, 0.6) is 0 Å². The summed E-state index contributed by atoms with van der Waals surface area (Å²) in [5.41, 5.74) is 0. The fourth-order valence-corrected chi connectivity index (χ4v) is 0.300. The van der Waals surface area contributed by atoms with Crippen LogP contribution in [-0.4, -0.2) is 19.9 Å². The number of hydrogen-bond acceptors (Lipinski definition) is 1. The summed E-state index contributed by atoms with van der Waals surface area (Å²) < 4.78 is 0. The molecular weight excluding hydrogens is 136 g/mol. The number of aliphatic imine (C=N–C) groups is 1. The van der Waals surface area contributed by atoms with Crippen molar-refractivity contribution in [2.24, 2.45) is 4.99 Å². The van der Waals surface area contributed by atoms with E-state index in [0.717, 1.165) is 13.0 Å². The van der Waals surface area contributed by atoms with E-state index in [1.807, 2.05) is 27.7 Å². The van der Waals surface area contributed by atoms with E-state index >= 15 is 0 Å². The van der Waals surface area contributed by atoms with Crippen LogP contribution >= 0.6 is 0 Å². The predicted octanol–water partition coefficient (Wildman–Crippen LogP) is 2.70. The zero-order valence-electron chi connectivity index (χ0n) is 8.94. The Bertz CT molecular complexity index is 51.5. The first kappa shape index (κ1) is 16.8. The summed E-state index contributed by atoms with van der Waals surface area (Å²) in [5.74, 6) is 0. The van der Waals surface area contributed by atoms with Gasteiger partial charge in [0.1, 0.15) is 0 Å². The summed E-state index contributed by atoms with van der Waals surface area (Å²) in [4.78, 5) is 3.74. The Kier molecular flexibility index (Phi) is 52.0. The van der Waals surface area contributed by atoms with Gasteiger partial charge in [-0.3, -0.25) is 4.99 Å². The highest BCUT2D eigenvalue weighted by Gasteiger charge is 1.69. The average molecular weight is 160 g/mol. The highest BCUT2D eigenvalue weighted by Crippen LogP contribution is 1.64. The molecule has 0 aliphatic heterocycles. The molecule has 0 rings (SSSR count). The fourth-order valence-electron chi connectivity index (χ4n) is 0.300. The van der Waals surface area contributed by atoms with Crippen LogP contribution in [0.25, 0.3) is 0 Å². The van der Waals surface area contributed by atoms with E-state index in [1.165, 1.54) is 0 Å². The van der Waals surface area contributed by atoms with Gasteiger partial charge in [-0.25, -0.2) is 0 Å². The van der Waals surface area contributed by atoms with E-state index in [2.05, 4.69) is 17.2 Å². The SMILES string of the molecule is CC.CC.CCCNC=NC. The van der Waals surface area contributed by atoms with Gasteiger partial charge in [-0.15, -0.1) is 0 Å². The summed E-state index contributed by atoms with van der Waals surface area (Å²) >= 11 is 0.